The van der Waals surface area contributed by atoms with Gasteiger partial charge in [-0.3, -0.25) is 14.3 Å². The van der Waals surface area contributed by atoms with E-state index in [-0.39, 0.29) is 11.4 Å². The summed E-state index contributed by atoms with van der Waals surface area (Å²) in [7, 11) is 0. The summed E-state index contributed by atoms with van der Waals surface area (Å²) in [6, 6.07) is 3.07. The van der Waals surface area contributed by atoms with E-state index in [0.29, 0.717) is 6.54 Å². The van der Waals surface area contributed by atoms with Crippen LogP contribution in [0.15, 0.2) is 24.4 Å². The van der Waals surface area contributed by atoms with Crippen LogP contribution in [0.3, 0.4) is 0 Å². The Morgan fingerprint density at radius 1 is 1.33 bits per heavy atom. The molecule has 0 aliphatic rings. The molecule has 21 heavy (non-hydrogen) atoms. The zero-order valence-corrected chi connectivity index (χ0v) is 11.1. The normalized spacial score (nSPS) is 10.4. The first-order valence-corrected chi connectivity index (χ1v) is 6.06. The number of nitrogens with zero attached hydrogens (tertiary/aromatic N) is 2. The number of primary amides is 1. The van der Waals surface area contributed by atoms with Crippen LogP contribution in [0.1, 0.15) is 27.8 Å². The van der Waals surface area contributed by atoms with Crippen molar-refractivity contribution in [3.63, 3.8) is 0 Å². The highest BCUT2D eigenvalue weighted by atomic mass is 19.1. The van der Waals surface area contributed by atoms with Crippen molar-refractivity contribution >= 4 is 17.5 Å². The number of nitrogens with two attached hydrogens (primary N) is 1. The molecule has 3 N–H and O–H groups in total. The Labute approximate surface area is 118 Å². The fourth-order valence-electron chi connectivity index (χ4n) is 1.76. The summed E-state index contributed by atoms with van der Waals surface area (Å²) in [5.41, 5.74) is 4.22. The molecule has 2 rings (SSSR count). The fourth-order valence-corrected chi connectivity index (χ4v) is 1.76. The minimum absolute atomic E-state index is 0.00277. The van der Waals surface area contributed by atoms with Crippen molar-refractivity contribution in [1.82, 2.24) is 9.78 Å². The van der Waals surface area contributed by atoms with Gasteiger partial charge in [0.2, 0.25) is 0 Å². The van der Waals surface area contributed by atoms with E-state index in [1.807, 2.05) is 0 Å². The van der Waals surface area contributed by atoms with Gasteiger partial charge in [0.25, 0.3) is 11.8 Å². The Balaban J connectivity index is 2.36. The Morgan fingerprint density at radius 2 is 1.95 bits per heavy atom. The Bertz CT molecular complexity index is 692. The number of rotatable bonds is 4. The second-order valence-electron chi connectivity index (χ2n) is 4.16. The first-order chi connectivity index (χ1) is 9.93. The summed E-state index contributed by atoms with van der Waals surface area (Å²) in [6.45, 7) is 2.20. The standard InChI is InChI=1S/C13H12F2N4O2/c1-2-19-6-9(11(18-19)12(16)20)17-13(21)10-7(14)4-3-5-8(10)15/h3-6H,2H2,1H3,(H2,16,20)(H,17,21). The van der Waals surface area contributed by atoms with Crippen LogP contribution in [0, 0.1) is 11.6 Å². The van der Waals surface area contributed by atoms with E-state index in [0.717, 1.165) is 18.2 Å². The van der Waals surface area contributed by atoms with E-state index < -0.39 is 29.0 Å². The van der Waals surface area contributed by atoms with Gasteiger partial charge >= 0.3 is 0 Å². The quantitative estimate of drug-likeness (QED) is 0.896. The lowest BCUT2D eigenvalue weighted by molar-refractivity contribution is 0.0995. The minimum atomic E-state index is -1.02. The topological polar surface area (TPSA) is 90.0 Å². The predicted octanol–water partition coefficient (Wildman–Crippen LogP) is 1.53. The van der Waals surface area contributed by atoms with E-state index in [2.05, 4.69) is 10.4 Å². The molecule has 0 bridgehead atoms. The molecule has 0 spiro atoms. The van der Waals surface area contributed by atoms with E-state index >= 15 is 0 Å². The molecule has 0 unspecified atom stereocenters. The molecule has 1 heterocycles. The molecule has 1 aromatic carbocycles. The van der Waals surface area contributed by atoms with Gasteiger partial charge in [-0.05, 0) is 19.1 Å². The molecule has 110 valence electrons. The Kier molecular flexibility index (Phi) is 3.97. The highest BCUT2D eigenvalue weighted by Gasteiger charge is 2.21. The smallest absolute Gasteiger partial charge is 0.271 e. The molecule has 1 aromatic heterocycles. The number of aryl methyl sites for hydroxylation is 1. The average Bonchev–Trinajstić information content (AvgIpc) is 2.81. The predicted molar refractivity (Wildman–Crippen MR) is 70.7 cm³/mol. The molecule has 0 aliphatic carbocycles. The number of carbonyl (C=O) groups is 2. The summed E-state index contributed by atoms with van der Waals surface area (Å²) in [5, 5.41) is 6.10. The van der Waals surface area contributed by atoms with Crippen molar-refractivity contribution in [3.8, 4) is 0 Å². The van der Waals surface area contributed by atoms with Crippen molar-refractivity contribution < 1.29 is 18.4 Å². The van der Waals surface area contributed by atoms with Gasteiger partial charge in [0.15, 0.2) is 5.69 Å². The van der Waals surface area contributed by atoms with Crippen molar-refractivity contribution in [2.75, 3.05) is 5.32 Å². The lowest BCUT2D eigenvalue weighted by Gasteiger charge is -2.05. The van der Waals surface area contributed by atoms with Crippen molar-refractivity contribution in [1.29, 1.82) is 0 Å². The van der Waals surface area contributed by atoms with Gasteiger partial charge in [0, 0.05) is 12.7 Å². The largest absolute Gasteiger partial charge is 0.364 e. The van der Waals surface area contributed by atoms with Gasteiger partial charge in [-0.1, -0.05) is 6.07 Å². The molecular formula is C13H12F2N4O2. The minimum Gasteiger partial charge on any atom is -0.364 e. The second-order valence-corrected chi connectivity index (χ2v) is 4.16. The maximum absolute atomic E-state index is 13.5. The highest BCUT2D eigenvalue weighted by Crippen LogP contribution is 2.18. The van der Waals surface area contributed by atoms with Gasteiger partial charge in [-0.25, -0.2) is 8.78 Å². The number of nitrogens with one attached hydrogen (secondary N) is 1. The van der Waals surface area contributed by atoms with Crippen LogP contribution in [-0.4, -0.2) is 21.6 Å². The van der Waals surface area contributed by atoms with Crippen LogP contribution >= 0.6 is 0 Å². The summed E-state index contributed by atoms with van der Waals surface area (Å²) in [4.78, 5) is 23.2. The lowest BCUT2D eigenvalue weighted by Crippen LogP contribution is -2.19. The van der Waals surface area contributed by atoms with E-state index in [9.17, 15) is 18.4 Å². The number of amides is 2. The maximum atomic E-state index is 13.5. The number of hydrogen-bond donors (Lipinski definition) is 2. The molecule has 0 atom stereocenters. The summed E-state index contributed by atoms with van der Waals surface area (Å²) >= 11 is 0. The van der Waals surface area contributed by atoms with Gasteiger partial charge in [0.05, 0.1) is 5.69 Å². The van der Waals surface area contributed by atoms with Gasteiger partial charge in [-0.2, -0.15) is 5.10 Å². The number of anilines is 1. The van der Waals surface area contributed by atoms with Gasteiger partial charge in [0.1, 0.15) is 17.2 Å². The molecule has 0 saturated heterocycles. The van der Waals surface area contributed by atoms with E-state index in [1.54, 1.807) is 6.92 Å². The fraction of sp³-hybridized carbons (Fsp3) is 0.154. The molecule has 0 saturated carbocycles. The number of carbonyl (C=O) groups excluding carboxylic acids is 2. The zero-order chi connectivity index (χ0) is 15.6. The maximum Gasteiger partial charge on any atom is 0.271 e. The number of halogens is 2. The molecule has 2 aromatic rings. The molecule has 0 aliphatic heterocycles. The second kappa shape index (κ2) is 5.70. The van der Waals surface area contributed by atoms with Crippen LogP contribution in [-0.2, 0) is 6.54 Å². The van der Waals surface area contributed by atoms with Crippen LogP contribution < -0.4 is 11.1 Å². The molecule has 6 nitrogen and oxygen atoms in total. The van der Waals surface area contributed by atoms with Crippen molar-refractivity contribution in [3.05, 3.63) is 47.3 Å². The monoisotopic (exact) mass is 294 g/mol. The Morgan fingerprint density at radius 3 is 2.48 bits per heavy atom. The summed E-state index contributed by atoms with van der Waals surface area (Å²) in [5.74, 6) is -3.89. The molecule has 0 fully saturated rings. The lowest BCUT2D eigenvalue weighted by atomic mass is 10.2. The number of hydrogen-bond acceptors (Lipinski definition) is 3. The van der Waals surface area contributed by atoms with Crippen molar-refractivity contribution in [2.24, 2.45) is 5.73 Å². The number of aromatic nitrogens is 2. The third-order valence-corrected chi connectivity index (χ3v) is 2.76. The Hall–Kier alpha value is -2.77. The zero-order valence-electron chi connectivity index (χ0n) is 11.1. The molecular weight excluding hydrogens is 282 g/mol. The average molecular weight is 294 g/mol. The van der Waals surface area contributed by atoms with E-state index in [4.69, 9.17) is 5.73 Å². The van der Waals surface area contributed by atoms with Gasteiger partial charge in [-0.15, -0.1) is 0 Å². The van der Waals surface area contributed by atoms with Crippen LogP contribution in [0.4, 0.5) is 14.5 Å². The SMILES string of the molecule is CCn1cc(NC(=O)c2c(F)cccc2F)c(C(N)=O)n1. The summed E-state index contributed by atoms with van der Waals surface area (Å²) < 4.78 is 28.4. The van der Waals surface area contributed by atoms with E-state index in [1.165, 1.54) is 10.9 Å². The molecule has 8 heteroatoms. The van der Waals surface area contributed by atoms with Crippen LogP contribution in [0.2, 0.25) is 0 Å². The highest BCUT2D eigenvalue weighted by molar-refractivity contribution is 6.08. The molecule has 0 radical (unpaired) electrons. The van der Waals surface area contributed by atoms with Crippen LogP contribution in [0.5, 0.6) is 0 Å². The van der Waals surface area contributed by atoms with Gasteiger partial charge < -0.3 is 11.1 Å². The van der Waals surface area contributed by atoms with Crippen LogP contribution in [0.25, 0.3) is 0 Å². The first kappa shape index (κ1) is 14.6. The summed E-state index contributed by atoms with van der Waals surface area (Å²) in [6.07, 6.45) is 1.36. The van der Waals surface area contributed by atoms with Crippen molar-refractivity contribution in [2.45, 2.75) is 13.5 Å². The number of benzene rings is 1. The third-order valence-electron chi connectivity index (χ3n) is 2.76. The molecule has 2 amide bonds. The third kappa shape index (κ3) is 2.88. The first-order valence-electron chi connectivity index (χ1n) is 6.06.